The van der Waals surface area contributed by atoms with Gasteiger partial charge in [-0.05, 0) is 48.5 Å². The second-order valence-electron chi connectivity index (χ2n) is 6.71. The van der Waals surface area contributed by atoms with Crippen LogP contribution in [0.25, 0.3) is 0 Å². The van der Waals surface area contributed by atoms with Crippen molar-refractivity contribution in [2.75, 3.05) is 20.8 Å². The van der Waals surface area contributed by atoms with Crippen LogP contribution >= 0.6 is 0 Å². The predicted molar refractivity (Wildman–Crippen MR) is 106 cm³/mol. The highest BCUT2D eigenvalue weighted by molar-refractivity contribution is 7.89. The fourth-order valence-corrected chi connectivity index (χ4v) is 5.29. The van der Waals surface area contributed by atoms with E-state index in [0.29, 0.717) is 23.6 Å². The maximum atomic E-state index is 13.5. The number of ether oxygens (including phenoxy) is 2. The quantitative estimate of drug-likeness (QED) is 0.639. The molecule has 0 fully saturated rings. The number of fused-ring (bicyclic) bond motifs is 1. The van der Waals surface area contributed by atoms with Gasteiger partial charge in [-0.25, -0.2) is 12.8 Å². The molecule has 2 heterocycles. The molecular formula is C21H21FN2O4S. The third kappa shape index (κ3) is 3.38. The summed E-state index contributed by atoms with van der Waals surface area (Å²) < 4.78 is 54.6. The van der Waals surface area contributed by atoms with Gasteiger partial charge >= 0.3 is 0 Å². The molecule has 0 radical (unpaired) electrons. The number of hydrogen-bond acceptors (Lipinski definition) is 4. The van der Waals surface area contributed by atoms with Crippen LogP contribution in [0.4, 0.5) is 4.39 Å². The lowest BCUT2D eigenvalue weighted by Crippen LogP contribution is -2.42. The Morgan fingerprint density at radius 2 is 1.76 bits per heavy atom. The Bertz CT molecular complexity index is 1130. The molecular weight excluding hydrogens is 395 g/mol. The Hall–Kier alpha value is -2.84. The second kappa shape index (κ2) is 7.53. The van der Waals surface area contributed by atoms with E-state index >= 15 is 0 Å². The molecule has 2 aromatic carbocycles. The lowest BCUT2D eigenvalue weighted by atomic mass is 10.0. The number of rotatable bonds is 5. The van der Waals surface area contributed by atoms with Crippen molar-refractivity contribution in [3.8, 4) is 11.5 Å². The molecule has 6 nitrogen and oxygen atoms in total. The van der Waals surface area contributed by atoms with Crippen molar-refractivity contribution in [2.24, 2.45) is 0 Å². The number of sulfonamides is 1. The molecule has 1 aliphatic rings. The van der Waals surface area contributed by atoms with E-state index in [9.17, 15) is 12.8 Å². The Labute approximate surface area is 169 Å². The highest BCUT2D eigenvalue weighted by atomic mass is 32.2. The zero-order valence-electron chi connectivity index (χ0n) is 16.1. The first-order valence-electron chi connectivity index (χ1n) is 9.10. The predicted octanol–water partition coefficient (Wildman–Crippen LogP) is 3.44. The summed E-state index contributed by atoms with van der Waals surface area (Å²) in [5.74, 6) is 0.665. The van der Waals surface area contributed by atoms with E-state index in [4.69, 9.17) is 9.47 Å². The molecule has 29 heavy (non-hydrogen) atoms. The molecule has 0 bridgehead atoms. The van der Waals surface area contributed by atoms with Gasteiger partial charge in [0.05, 0.1) is 25.2 Å². The fourth-order valence-electron chi connectivity index (χ4n) is 3.72. The van der Waals surface area contributed by atoms with Crippen molar-refractivity contribution in [3.63, 3.8) is 0 Å². The average molecular weight is 416 g/mol. The molecule has 1 aliphatic heterocycles. The van der Waals surface area contributed by atoms with Crippen molar-refractivity contribution in [1.29, 1.82) is 0 Å². The van der Waals surface area contributed by atoms with Gasteiger partial charge in [-0.2, -0.15) is 4.31 Å². The number of aromatic nitrogens is 1. The maximum Gasteiger partial charge on any atom is 0.244 e. The normalized spacial score (nSPS) is 17.0. The Kier molecular flexibility index (Phi) is 5.06. The van der Waals surface area contributed by atoms with Gasteiger partial charge in [0.1, 0.15) is 17.3 Å². The standard InChI is InChI=1S/C21H21FN2O4S/c1-27-16-7-10-18(20(14-16)28-2)21-19-4-3-11-23(19)12-13-24(21)29(25,26)17-8-5-15(22)6-9-17/h3-11,14,21H,12-13H2,1-2H3. The summed E-state index contributed by atoms with van der Waals surface area (Å²) in [6.45, 7) is 0.805. The van der Waals surface area contributed by atoms with Gasteiger partial charge in [0.2, 0.25) is 10.0 Å². The van der Waals surface area contributed by atoms with Gasteiger partial charge < -0.3 is 14.0 Å². The first kappa shape index (κ1) is 19.5. The van der Waals surface area contributed by atoms with Crippen molar-refractivity contribution in [2.45, 2.75) is 17.5 Å². The van der Waals surface area contributed by atoms with E-state index in [1.165, 1.54) is 16.4 Å². The van der Waals surface area contributed by atoms with E-state index in [-0.39, 0.29) is 11.4 Å². The lowest BCUT2D eigenvalue weighted by Gasteiger charge is -2.36. The minimum Gasteiger partial charge on any atom is -0.497 e. The van der Waals surface area contributed by atoms with E-state index in [0.717, 1.165) is 17.8 Å². The van der Waals surface area contributed by atoms with E-state index < -0.39 is 21.9 Å². The van der Waals surface area contributed by atoms with Crippen LogP contribution in [0.2, 0.25) is 0 Å². The molecule has 1 atom stereocenters. The highest BCUT2D eigenvalue weighted by Gasteiger charge is 2.39. The van der Waals surface area contributed by atoms with Gasteiger partial charge in [-0.1, -0.05) is 0 Å². The van der Waals surface area contributed by atoms with Crippen molar-refractivity contribution in [3.05, 3.63) is 77.9 Å². The molecule has 0 spiro atoms. The Balaban J connectivity index is 1.87. The largest absolute Gasteiger partial charge is 0.497 e. The van der Waals surface area contributed by atoms with Crippen molar-refractivity contribution < 1.29 is 22.3 Å². The van der Waals surface area contributed by atoms with E-state index in [1.54, 1.807) is 26.4 Å². The summed E-state index contributed by atoms with van der Waals surface area (Å²) in [4.78, 5) is 0.0522. The molecule has 1 aromatic heterocycles. The smallest absolute Gasteiger partial charge is 0.244 e. The first-order chi connectivity index (χ1) is 14.0. The van der Waals surface area contributed by atoms with Crippen LogP contribution < -0.4 is 9.47 Å². The molecule has 8 heteroatoms. The van der Waals surface area contributed by atoms with Crippen molar-refractivity contribution in [1.82, 2.24) is 8.87 Å². The summed E-state index contributed by atoms with van der Waals surface area (Å²) in [5.41, 5.74) is 1.55. The van der Waals surface area contributed by atoms with Gasteiger partial charge in [-0.3, -0.25) is 0 Å². The summed E-state index contributed by atoms with van der Waals surface area (Å²) in [5, 5.41) is 0. The summed E-state index contributed by atoms with van der Waals surface area (Å²) in [6, 6.07) is 13.4. The molecule has 0 N–H and O–H groups in total. The Morgan fingerprint density at radius 1 is 1.00 bits per heavy atom. The second-order valence-corrected chi connectivity index (χ2v) is 8.60. The highest BCUT2D eigenvalue weighted by Crippen LogP contribution is 2.41. The number of nitrogens with zero attached hydrogens (tertiary/aromatic N) is 2. The molecule has 152 valence electrons. The average Bonchev–Trinajstić information content (AvgIpc) is 3.22. The Morgan fingerprint density at radius 3 is 2.45 bits per heavy atom. The molecule has 1 unspecified atom stereocenters. The molecule has 0 saturated carbocycles. The zero-order chi connectivity index (χ0) is 20.6. The van der Waals surface area contributed by atoms with Crippen LogP contribution in [0.15, 0.2) is 65.7 Å². The van der Waals surface area contributed by atoms with Gasteiger partial charge in [-0.15, -0.1) is 0 Å². The van der Waals surface area contributed by atoms with Crippen LogP contribution in [0.1, 0.15) is 17.3 Å². The summed E-state index contributed by atoms with van der Waals surface area (Å²) >= 11 is 0. The first-order valence-corrected chi connectivity index (χ1v) is 10.5. The molecule has 3 aromatic rings. The third-order valence-electron chi connectivity index (χ3n) is 5.15. The van der Waals surface area contributed by atoms with Crippen LogP contribution in [0.3, 0.4) is 0 Å². The van der Waals surface area contributed by atoms with E-state index in [2.05, 4.69) is 0 Å². The topological polar surface area (TPSA) is 60.8 Å². The van der Waals surface area contributed by atoms with Crippen LogP contribution in [-0.4, -0.2) is 38.1 Å². The minimum atomic E-state index is -3.87. The zero-order valence-corrected chi connectivity index (χ0v) is 16.9. The molecule has 0 aliphatic carbocycles. The summed E-state index contributed by atoms with van der Waals surface area (Å²) in [7, 11) is -0.769. The number of hydrogen-bond donors (Lipinski definition) is 0. The van der Waals surface area contributed by atoms with E-state index in [1.807, 2.05) is 29.0 Å². The van der Waals surface area contributed by atoms with Crippen LogP contribution in [0.5, 0.6) is 11.5 Å². The van der Waals surface area contributed by atoms with Crippen molar-refractivity contribution >= 4 is 10.0 Å². The fraction of sp³-hybridized carbons (Fsp3) is 0.238. The number of benzene rings is 2. The third-order valence-corrected chi connectivity index (χ3v) is 7.03. The van der Waals surface area contributed by atoms with Crippen LogP contribution in [0, 0.1) is 5.82 Å². The van der Waals surface area contributed by atoms with Gasteiger partial charge in [0, 0.05) is 36.6 Å². The molecule has 0 saturated heterocycles. The van der Waals surface area contributed by atoms with Crippen LogP contribution in [-0.2, 0) is 16.6 Å². The monoisotopic (exact) mass is 416 g/mol. The molecule has 0 amide bonds. The summed E-state index contributed by atoms with van der Waals surface area (Å²) in [6.07, 6.45) is 1.93. The maximum absolute atomic E-state index is 13.5. The molecule has 4 rings (SSSR count). The number of methoxy groups -OCH3 is 2. The van der Waals surface area contributed by atoms with Gasteiger partial charge in [0.15, 0.2) is 0 Å². The van der Waals surface area contributed by atoms with Gasteiger partial charge in [0.25, 0.3) is 0 Å². The SMILES string of the molecule is COc1ccc(C2c3cccn3CCN2S(=O)(=O)c2ccc(F)cc2)c(OC)c1. The number of halogens is 1. The lowest BCUT2D eigenvalue weighted by molar-refractivity contribution is 0.290. The minimum absolute atomic E-state index is 0.0522.